The molecule has 0 saturated carbocycles. The highest BCUT2D eigenvalue weighted by molar-refractivity contribution is 7.80. The normalized spacial score (nSPS) is 9.72. The monoisotopic (exact) mass is 380 g/mol. The number of carbonyl (C=O) groups excluding carboxylic acids is 1. The van der Waals surface area contributed by atoms with Gasteiger partial charge in [0.2, 0.25) is 0 Å². The predicted octanol–water partition coefficient (Wildman–Crippen LogP) is 3.38. The Morgan fingerprint density at radius 3 is 2.36 bits per heavy atom. The standard InChI is InChI=1S/C16H17ClN4O3S/c1-23-12-7-8-13(14(9-12)24-2)19-15(22)20-21-16(25)18-11-5-3-10(17)4-6-11/h3-9H,1-2H3,(H2,18,21,25)(H2,19,20,22). The second kappa shape index (κ2) is 8.95. The molecule has 9 heteroatoms. The van der Waals surface area contributed by atoms with Crippen LogP contribution in [0.2, 0.25) is 5.02 Å². The van der Waals surface area contributed by atoms with Crippen molar-refractivity contribution >= 4 is 46.3 Å². The number of rotatable bonds is 4. The maximum absolute atomic E-state index is 12.0. The van der Waals surface area contributed by atoms with Crippen LogP contribution in [0, 0.1) is 0 Å². The SMILES string of the molecule is COc1ccc(NC(=O)NNC(=S)Nc2ccc(Cl)cc2)c(OC)c1. The lowest BCUT2D eigenvalue weighted by atomic mass is 10.2. The lowest BCUT2D eigenvalue weighted by Crippen LogP contribution is -2.45. The van der Waals surface area contributed by atoms with Crippen molar-refractivity contribution in [2.45, 2.75) is 0 Å². The summed E-state index contributed by atoms with van der Waals surface area (Å²) in [5.41, 5.74) is 6.23. The molecule has 25 heavy (non-hydrogen) atoms. The highest BCUT2D eigenvalue weighted by atomic mass is 35.5. The molecule has 132 valence electrons. The molecule has 2 aromatic carbocycles. The molecule has 7 nitrogen and oxygen atoms in total. The Bertz CT molecular complexity index is 756. The van der Waals surface area contributed by atoms with Crippen molar-refractivity contribution in [3.63, 3.8) is 0 Å². The van der Waals surface area contributed by atoms with Crippen LogP contribution in [0.3, 0.4) is 0 Å². The number of hydrazine groups is 1. The number of urea groups is 1. The third-order valence-electron chi connectivity index (χ3n) is 3.05. The molecule has 0 saturated heterocycles. The summed E-state index contributed by atoms with van der Waals surface area (Å²) in [5.74, 6) is 1.09. The van der Waals surface area contributed by atoms with Gasteiger partial charge in [0.25, 0.3) is 0 Å². The fourth-order valence-corrected chi connectivity index (χ4v) is 2.16. The van der Waals surface area contributed by atoms with Crippen LogP contribution in [0.25, 0.3) is 0 Å². The first-order valence-corrected chi connectivity index (χ1v) is 7.92. The molecular formula is C16H17ClN4O3S. The summed E-state index contributed by atoms with van der Waals surface area (Å²) in [6, 6.07) is 11.5. The van der Waals surface area contributed by atoms with Crippen LogP contribution >= 0.6 is 23.8 Å². The van der Waals surface area contributed by atoms with Crippen LogP contribution in [-0.2, 0) is 0 Å². The van der Waals surface area contributed by atoms with Crippen LogP contribution < -0.4 is 31.0 Å². The van der Waals surface area contributed by atoms with E-state index in [1.54, 1.807) is 49.6 Å². The Labute approximate surface area is 155 Å². The van der Waals surface area contributed by atoms with Gasteiger partial charge in [0.1, 0.15) is 11.5 Å². The Morgan fingerprint density at radius 2 is 1.72 bits per heavy atom. The quantitative estimate of drug-likeness (QED) is 0.481. The number of nitrogens with one attached hydrogen (secondary N) is 4. The van der Waals surface area contributed by atoms with Gasteiger partial charge in [-0.15, -0.1) is 0 Å². The highest BCUT2D eigenvalue weighted by Gasteiger charge is 2.09. The fourth-order valence-electron chi connectivity index (χ4n) is 1.86. The van der Waals surface area contributed by atoms with Gasteiger partial charge in [-0.25, -0.2) is 10.2 Å². The Balaban J connectivity index is 1.86. The van der Waals surface area contributed by atoms with Gasteiger partial charge < -0.3 is 20.1 Å². The molecule has 2 aromatic rings. The van der Waals surface area contributed by atoms with E-state index in [0.29, 0.717) is 22.2 Å². The summed E-state index contributed by atoms with van der Waals surface area (Å²) in [4.78, 5) is 12.0. The van der Waals surface area contributed by atoms with E-state index >= 15 is 0 Å². The first-order valence-electron chi connectivity index (χ1n) is 7.13. The number of halogens is 1. The number of ether oxygens (including phenoxy) is 2. The molecule has 0 aliphatic heterocycles. The highest BCUT2D eigenvalue weighted by Crippen LogP contribution is 2.28. The number of benzene rings is 2. The zero-order chi connectivity index (χ0) is 18.2. The number of amides is 2. The van der Waals surface area contributed by atoms with Gasteiger partial charge in [0.05, 0.1) is 19.9 Å². The second-order valence-corrected chi connectivity index (χ2v) is 5.58. The van der Waals surface area contributed by atoms with E-state index in [2.05, 4.69) is 21.5 Å². The Morgan fingerprint density at radius 1 is 1.00 bits per heavy atom. The van der Waals surface area contributed by atoms with E-state index in [9.17, 15) is 4.79 Å². The summed E-state index contributed by atoms with van der Waals surface area (Å²) >= 11 is 10.9. The molecule has 0 bridgehead atoms. The first-order chi connectivity index (χ1) is 12.0. The van der Waals surface area contributed by atoms with Crippen molar-refractivity contribution in [1.29, 1.82) is 0 Å². The first kappa shape index (κ1) is 18.6. The molecule has 0 aliphatic rings. The summed E-state index contributed by atoms with van der Waals surface area (Å²) in [6.07, 6.45) is 0. The third kappa shape index (κ3) is 5.70. The molecule has 0 radical (unpaired) electrons. The van der Waals surface area contributed by atoms with Crippen LogP contribution in [0.4, 0.5) is 16.2 Å². The van der Waals surface area contributed by atoms with Crippen molar-refractivity contribution < 1.29 is 14.3 Å². The topological polar surface area (TPSA) is 83.7 Å². The molecule has 2 amide bonds. The molecule has 2 rings (SSSR count). The van der Waals surface area contributed by atoms with Gasteiger partial charge in [-0.1, -0.05) is 11.6 Å². The molecule has 0 aliphatic carbocycles. The summed E-state index contributed by atoms with van der Waals surface area (Å²) in [6.45, 7) is 0. The number of anilines is 2. The minimum Gasteiger partial charge on any atom is -0.497 e. The minimum absolute atomic E-state index is 0.221. The Hall–Kier alpha value is -2.71. The zero-order valence-corrected chi connectivity index (χ0v) is 15.1. The van der Waals surface area contributed by atoms with Gasteiger partial charge in [-0.05, 0) is 48.6 Å². The van der Waals surface area contributed by atoms with Crippen molar-refractivity contribution in [3.8, 4) is 11.5 Å². The van der Waals surface area contributed by atoms with Gasteiger partial charge in [-0.3, -0.25) is 5.43 Å². The second-order valence-electron chi connectivity index (χ2n) is 4.73. The maximum atomic E-state index is 12.0. The van der Waals surface area contributed by atoms with E-state index in [4.69, 9.17) is 33.3 Å². The summed E-state index contributed by atoms with van der Waals surface area (Å²) < 4.78 is 10.3. The number of carbonyl (C=O) groups is 1. The molecule has 0 heterocycles. The van der Waals surface area contributed by atoms with E-state index in [1.165, 1.54) is 7.11 Å². The van der Waals surface area contributed by atoms with Crippen LogP contribution in [-0.4, -0.2) is 25.4 Å². The predicted molar refractivity (Wildman–Crippen MR) is 103 cm³/mol. The van der Waals surface area contributed by atoms with Gasteiger partial charge >= 0.3 is 6.03 Å². The average molecular weight is 381 g/mol. The molecular weight excluding hydrogens is 364 g/mol. The molecule has 0 aromatic heterocycles. The third-order valence-corrected chi connectivity index (χ3v) is 3.50. The van der Waals surface area contributed by atoms with Crippen molar-refractivity contribution in [3.05, 3.63) is 47.5 Å². The van der Waals surface area contributed by atoms with E-state index in [0.717, 1.165) is 5.69 Å². The fraction of sp³-hybridized carbons (Fsp3) is 0.125. The van der Waals surface area contributed by atoms with Gasteiger partial charge in [-0.2, -0.15) is 0 Å². The maximum Gasteiger partial charge on any atom is 0.338 e. The summed E-state index contributed by atoms with van der Waals surface area (Å²) in [5, 5.41) is 6.39. The van der Waals surface area contributed by atoms with Crippen LogP contribution in [0.5, 0.6) is 11.5 Å². The van der Waals surface area contributed by atoms with E-state index in [-0.39, 0.29) is 5.11 Å². The van der Waals surface area contributed by atoms with Crippen molar-refractivity contribution in [1.82, 2.24) is 10.9 Å². The average Bonchev–Trinajstić information content (AvgIpc) is 2.62. The van der Waals surface area contributed by atoms with Crippen LogP contribution in [0.1, 0.15) is 0 Å². The molecule has 0 spiro atoms. The number of methoxy groups -OCH3 is 2. The lowest BCUT2D eigenvalue weighted by Gasteiger charge is -2.14. The van der Waals surface area contributed by atoms with Crippen molar-refractivity contribution in [2.75, 3.05) is 24.9 Å². The van der Waals surface area contributed by atoms with Gasteiger partial charge in [0.15, 0.2) is 5.11 Å². The minimum atomic E-state index is -0.510. The number of thiocarbonyl (C=S) groups is 1. The molecule has 4 N–H and O–H groups in total. The molecule has 0 unspecified atom stereocenters. The van der Waals surface area contributed by atoms with E-state index < -0.39 is 6.03 Å². The molecule has 0 fully saturated rings. The Kier molecular flexibility index (Phi) is 6.67. The zero-order valence-electron chi connectivity index (χ0n) is 13.6. The van der Waals surface area contributed by atoms with Crippen LogP contribution in [0.15, 0.2) is 42.5 Å². The van der Waals surface area contributed by atoms with Crippen molar-refractivity contribution in [2.24, 2.45) is 0 Å². The lowest BCUT2D eigenvalue weighted by molar-refractivity contribution is 0.250. The van der Waals surface area contributed by atoms with E-state index in [1.807, 2.05) is 0 Å². The molecule has 0 atom stereocenters. The smallest absolute Gasteiger partial charge is 0.338 e. The number of hydrogen-bond donors (Lipinski definition) is 4. The largest absolute Gasteiger partial charge is 0.497 e. The summed E-state index contributed by atoms with van der Waals surface area (Å²) in [7, 11) is 3.05. The van der Waals surface area contributed by atoms with Gasteiger partial charge in [0, 0.05) is 16.8 Å². The number of hydrogen-bond acceptors (Lipinski definition) is 4.